The number of nitrogens with zero attached hydrogens (tertiary/aromatic N) is 2. The SMILES string of the molecule is O=C(CCCC(=O)N(c1ccc(F)cc1)[C@H](C(=O)NC1CCCC1)c1ccc(Cl)cc1)Nc1ccccn1. The summed E-state index contributed by atoms with van der Waals surface area (Å²) in [5.41, 5.74) is 0.964. The van der Waals surface area contributed by atoms with E-state index in [1.807, 2.05) is 0 Å². The largest absolute Gasteiger partial charge is 0.351 e. The molecule has 198 valence electrons. The second-order valence-corrected chi connectivity index (χ2v) is 9.74. The summed E-state index contributed by atoms with van der Waals surface area (Å²) in [4.78, 5) is 45.2. The number of hydrogen-bond donors (Lipinski definition) is 2. The third-order valence-corrected chi connectivity index (χ3v) is 6.75. The first kappa shape index (κ1) is 27.3. The van der Waals surface area contributed by atoms with Crippen molar-refractivity contribution in [3.8, 4) is 0 Å². The molecule has 0 radical (unpaired) electrons. The topological polar surface area (TPSA) is 91.4 Å². The van der Waals surface area contributed by atoms with Crippen LogP contribution in [-0.2, 0) is 14.4 Å². The molecule has 7 nitrogen and oxygen atoms in total. The Kier molecular flexibility index (Phi) is 9.43. The molecule has 0 unspecified atom stereocenters. The predicted molar refractivity (Wildman–Crippen MR) is 145 cm³/mol. The Balaban J connectivity index is 1.56. The quantitative estimate of drug-likeness (QED) is 0.342. The number of carbonyl (C=O) groups is 3. The number of benzene rings is 2. The van der Waals surface area contributed by atoms with Gasteiger partial charge in [0.1, 0.15) is 17.7 Å². The molecule has 1 aromatic heterocycles. The van der Waals surface area contributed by atoms with Gasteiger partial charge in [0.2, 0.25) is 17.7 Å². The maximum Gasteiger partial charge on any atom is 0.248 e. The Morgan fingerprint density at radius 3 is 2.34 bits per heavy atom. The van der Waals surface area contributed by atoms with E-state index in [1.54, 1.807) is 48.7 Å². The third-order valence-electron chi connectivity index (χ3n) is 6.49. The minimum absolute atomic E-state index is 0.00775. The average Bonchev–Trinajstić information content (AvgIpc) is 3.42. The molecule has 1 heterocycles. The van der Waals surface area contributed by atoms with E-state index in [9.17, 15) is 18.8 Å². The molecule has 9 heteroatoms. The van der Waals surface area contributed by atoms with Crippen molar-refractivity contribution in [2.24, 2.45) is 0 Å². The van der Waals surface area contributed by atoms with Crippen molar-refractivity contribution < 1.29 is 18.8 Å². The van der Waals surface area contributed by atoms with Gasteiger partial charge in [0.25, 0.3) is 0 Å². The van der Waals surface area contributed by atoms with Crippen molar-refractivity contribution in [3.63, 3.8) is 0 Å². The predicted octanol–water partition coefficient (Wildman–Crippen LogP) is 5.82. The van der Waals surface area contributed by atoms with Crippen molar-refractivity contribution in [1.82, 2.24) is 10.3 Å². The monoisotopic (exact) mass is 536 g/mol. The van der Waals surface area contributed by atoms with Crippen LogP contribution in [0.1, 0.15) is 56.6 Å². The van der Waals surface area contributed by atoms with Crippen LogP contribution >= 0.6 is 11.6 Å². The lowest BCUT2D eigenvalue weighted by Crippen LogP contribution is -2.46. The molecule has 38 heavy (non-hydrogen) atoms. The number of nitrogens with one attached hydrogen (secondary N) is 2. The van der Waals surface area contributed by atoms with Crippen LogP contribution in [0.15, 0.2) is 72.9 Å². The van der Waals surface area contributed by atoms with Gasteiger partial charge < -0.3 is 10.6 Å². The van der Waals surface area contributed by atoms with Gasteiger partial charge in [0, 0.05) is 35.8 Å². The molecule has 1 aliphatic rings. The number of hydrogen-bond acceptors (Lipinski definition) is 4. The molecule has 2 N–H and O–H groups in total. The van der Waals surface area contributed by atoms with E-state index in [-0.39, 0.29) is 43.0 Å². The number of rotatable bonds is 10. The normalized spacial score (nSPS) is 14.1. The first-order valence-corrected chi connectivity index (χ1v) is 13.1. The van der Waals surface area contributed by atoms with Gasteiger partial charge in [-0.3, -0.25) is 19.3 Å². The summed E-state index contributed by atoms with van der Waals surface area (Å²) in [6.45, 7) is 0. The number of amides is 3. The zero-order valence-electron chi connectivity index (χ0n) is 20.9. The zero-order valence-corrected chi connectivity index (χ0v) is 21.7. The lowest BCUT2D eigenvalue weighted by atomic mass is 10.0. The Bertz CT molecular complexity index is 1230. The molecule has 1 aliphatic carbocycles. The molecule has 1 atom stereocenters. The molecule has 0 spiro atoms. The number of carbonyl (C=O) groups excluding carboxylic acids is 3. The van der Waals surface area contributed by atoms with Crippen LogP contribution in [0, 0.1) is 5.82 Å². The highest BCUT2D eigenvalue weighted by molar-refractivity contribution is 6.30. The average molecular weight is 537 g/mol. The molecule has 2 aromatic carbocycles. The smallest absolute Gasteiger partial charge is 0.248 e. The first-order chi connectivity index (χ1) is 18.4. The minimum atomic E-state index is -0.992. The van der Waals surface area contributed by atoms with Gasteiger partial charge in [-0.2, -0.15) is 0 Å². The lowest BCUT2D eigenvalue weighted by Gasteiger charge is -2.32. The lowest BCUT2D eigenvalue weighted by molar-refractivity contribution is -0.127. The second kappa shape index (κ2) is 13.1. The number of pyridine rings is 1. The maximum absolute atomic E-state index is 13.8. The molecular formula is C29H30ClFN4O3. The third kappa shape index (κ3) is 7.38. The van der Waals surface area contributed by atoms with E-state index < -0.39 is 11.9 Å². The van der Waals surface area contributed by atoms with E-state index >= 15 is 0 Å². The van der Waals surface area contributed by atoms with Crippen LogP contribution in [0.2, 0.25) is 5.02 Å². The van der Waals surface area contributed by atoms with Crippen molar-refractivity contribution in [2.45, 2.75) is 57.0 Å². The summed E-state index contributed by atoms with van der Waals surface area (Å²) in [5.74, 6) is -0.958. The van der Waals surface area contributed by atoms with E-state index in [0.29, 0.717) is 22.1 Å². The van der Waals surface area contributed by atoms with Gasteiger partial charge in [0.15, 0.2) is 0 Å². The molecule has 0 saturated heterocycles. The van der Waals surface area contributed by atoms with Gasteiger partial charge in [0.05, 0.1) is 0 Å². The van der Waals surface area contributed by atoms with E-state index in [2.05, 4.69) is 15.6 Å². The second-order valence-electron chi connectivity index (χ2n) is 9.30. The summed E-state index contributed by atoms with van der Waals surface area (Å²) in [6, 6.07) is 16.5. The molecule has 0 aliphatic heterocycles. The Morgan fingerprint density at radius 2 is 1.68 bits per heavy atom. The van der Waals surface area contributed by atoms with Gasteiger partial charge >= 0.3 is 0 Å². The minimum Gasteiger partial charge on any atom is -0.351 e. The molecule has 1 fully saturated rings. The number of halogens is 2. The Hall–Kier alpha value is -3.78. The van der Waals surface area contributed by atoms with Gasteiger partial charge in [-0.15, -0.1) is 0 Å². The standard InChI is InChI=1S/C29H30ClFN4O3/c30-21-13-11-20(12-14-21)28(29(38)33-23-6-1-2-7-23)35(24-17-15-22(31)16-18-24)27(37)10-5-9-26(36)34-25-8-3-4-19-32-25/h3-4,8,11-19,23,28H,1-2,5-7,9-10H2,(H,33,38)(H,32,34,36)/t28-/m0/s1. The summed E-state index contributed by atoms with van der Waals surface area (Å²) >= 11 is 6.10. The molecule has 0 bridgehead atoms. The number of anilines is 2. The van der Waals surface area contributed by atoms with Crippen LogP contribution in [0.4, 0.5) is 15.9 Å². The fourth-order valence-corrected chi connectivity index (χ4v) is 4.74. The van der Waals surface area contributed by atoms with Crippen LogP contribution < -0.4 is 15.5 Å². The van der Waals surface area contributed by atoms with E-state index in [0.717, 1.165) is 25.7 Å². The van der Waals surface area contributed by atoms with Crippen molar-refractivity contribution in [1.29, 1.82) is 0 Å². The molecule has 3 aromatic rings. The Labute approximate surface area is 226 Å². The summed E-state index contributed by atoms with van der Waals surface area (Å²) in [7, 11) is 0. The molecular weight excluding hydrogens is 507 g/mol. The van der Waals surface area contributed by atoms with Crippen LogP contribution in [0.3, 0.4) is 0 Å². The maximum atomic E-state index is 13.8. The molecule has 1 saturated carbocycles. The van der Waals surface area contributed by atoms with Crippen LogP contribution in [0.5, 0.6) is 0 Å². The van der Waals surface area contributed by atoms with E-state index in [1.165, 1.54) is 29.2 Å². The van der Waals surface area contributed by atoms with Gasteiger partial charge in [-0.1, -0.05) is 42.6 Å². The highest BCUT2D eigenvalue weighted by Crippen LogP contribution is 2.31. The summed E-state index contributed by atoms with van der Waals surface area (Å²) in [6.07, 6.45) is 5.78. The first-order valence-electron chi connectivity index (χ1n) is 12.7. The van der Waals surface area contributed by atoms with Gasteiger partial charge in [-0.05, 0) is 73.4 Å². The highest BCUT2D eigenvalue weighted by Gasteiger charge is 2.34. The molecule has 4 rings (SSSR count). The zero-order chi connectivity index (χ0) is 26.9. The van der Waals surface area contributed by atoms with Gasteiger partial charge in [-0.25, -0.2) is 9.37 Å². The summed E-state index contributed by atoms with van der Waals surface area (Å²) < 4.78 is 13.8. The van der Waals surface area contributed by atoms with Crippen molar-refractivity contribution >= 4 is 40.8 Å². The Morgan fingerprint density at radius 1 is 0.974 bits per heavy atom. The molecule has 3 amide bonds. The summed E-state index contributed by atoms with van der Waals surface area (Å²) in [5, 5.41) is 6.30. The number of aromatic nitrogens is 1. The van der Waals surface area contributed by atoms with Crippen molar-refractivity contribution in [2.75, 3.05) is 10.2 Å². The fourth-order valence-electron chi connectivity index (χ4n) is 4.61. The van der Waals surface area contributed by atoms with Crippen LogP contribution in [-0.4, -0.2) is 28.7 Å². The fraction of sp³-hybridized carbons (Fsp3) is 0.310. The van der Waals surface area contributed by atoms with Crippen LogP contribution in [0.25, 0.3) is 0 Å². The van der Waals surface area contributed by atoms with E-state index in [4.69, 9.17) is 11.6 Å². The highest BCUT2D eigenvalue weighted by atomic mass is 35.5. The van der Waals surface area contributed by atoms with Crippen molar-refractivity contribution in [3.05, 3.63) is 89.3 Å².